The number of aryl methyl sites for hydroxylation is 1. The van der Waals surface area contributed by atoms with Gasteiger partial charge in [-0.1, -0.05) is 25.1 Å². The summed E-state index contributed by atoms with van der Waals surface area (Å²) < 4.78 is 0. The molecule has 0 bridgehead atoms. The summed E-state index contributed by atoms with van der Waals surface area (Å²) in [4.78, 5) is 4.20. The number of thiophene rings is 1. The fourth-order valence-electron chi connectivity index (χ4n) is 2.10. The van der Waals surface area contributed by atoms with Gasteiger partial charge in [0.1, 0.15) is 0 Å². The fourth-order valence-corrected chi connectivity index (χ4v) is 3.81. The van der Waals surface area contributed by atoms with Gasteiger partial charge in [-0.25, -0.2) is 0 Å². The molecule has 96 valence electrons. The lowest BCUT2D eigenvalue weighted by atomic mass is 10.1. The van der Waals surface area contributed by atoms with Crippen LogP contribution in [0.2, 0.25) is 0 Å². The highest BCUT2D eigenvalue weighted by molar-refractivity contribution is 7.98. The van der Waals surface area contributed by atoms with Crippen molar-refractivity contribution in [2.24, 2.45) is 0 Å². The number of benzene rings is 1. The van der Waals surface area contributed by atoms with E-state index in [2.05, 4.69) is 54.9 Å². The number of rotatable bonds is 5. The summed E-state index contributed by atoms with van der Waals surface area (Å²) in [5.41, 5.74) is 1.37. The standard InChI is InChI=1S/C15H19NS2/c1-4-11-9-10-14(18-11)15(16-2)12-7-5-6-8-13(12)17-3/h5-10,15-16H,4H2,1-3H3. The average molecular weight is 277 g/mol. The third-order valence-corrected chi connectivity index (χ3v) is 5.16. The van der Waals surface area contributed by atoms with Crippen LogP contribution in [0.1, 0.15) is 28.3 Å². The first-order valence-electron chi connectivity index (χ1n) is 6.19. The SMILES string of the molecule is CCc1ccc(C(NC)c2ccccc2SC)s1. The molecule has 0 saturated heterocycles. The van der Waals surface area contributed by atoms with Crippen LogP contribution in [0.4, 0.5) is 0 Å². The Morgan fingerprint density at radius 1 is 1.22 bits per heavy atom. The highest BCUT2D eigenvalue weighted by Gasteiger charge is 2.16. The lowest BCUT2D eigenvalue weighted by Gasteiger charge is -2.18. The van der Waals surface area contributed by atoms with Gasteiger partial charge in [0.2, 0.25) is 0 Å². The predicted octanol–water partition coefficient (Wildman–Crippen LogP) is 4.34. The van der Waals surface area contributed by atoms with Gasteiger partial charge in [-0.05, 0) is 43.5 Å². The molecular weight excluding hydrogens is 258 g/mol. The molecule has 0 aliphatic heterocycles. The molecule has 0 saturated carbocycles. The van der Waals surface area contributed by atoms with Crippen LogP contribution in [-0.2, 0) is 6.42 Å². The predicted molar refractivity (Wildman–Crippen MR) is 82.8 cm³/mol. The molecule has 1 aromatic heterocycles. The molecule has 1 N–H and O–H groups in total. The zero-order valence-electron chi connectivity index (χ0n) is 11.1. The average Bonchev–Trinajstić information content (AvgIpc) is 2.89. The van der Waals surface area contributed by atoms with Crippen molar-refractivity contribution in [3.63, 3.8) is 0 Å². The van der Waals surface area contributed by atoms with Crippen LogP contribution < -0.4 is 5.32 Å². The van der Waals surface area contributed by atoms with E-state index in [1.165, 1.54) is 20.2 Å². The Morgan fingerprint density at radius 3 is 2.61 bits per heavy atom. The summed E-state index contributed by atoms with van der Waals surface area (Å²) in [6.07, 6.45) is 3.25. The van der Waals surface area contributed by atoms with E-state index in [4.69, 9.17) is 0 Å². The first kappa shape index (κ1) is 13.7. The fraction of sp³-hybridized carbons (Fsp3) is 0.333. The van der Waals surface area contributed by atoms with Crippen LogP contribution >= 0.6 is 23.1 Å². The second-order valence-corrected chi connectivity index (χ2v) is 6.17. The minimum Gasteiger partial charge on any atom is -0.309 e. The molecule has 0 spiro atoms. The molecule has 2 rings (SSSR count). The van der Waals surface area contributed by atoms with Crippen LogP contribution in [0, 0.1) is 0 Å². The smallest absolute Gasteiger partial charge is 0.0679 e. The molecule has 1 heterocycles. The van der Waals surface area contributed by atoms with Crippen molar-refractivity contribution in [1.82, 2.24) is 5.32 Å². The first-order valence-corrected chi connectivity index (χ1v) is 8.23. The normalized spacial score (nSPS) is 12.6. The summed E-state index contributed by atoms with van der Waals surface area (Å²) in [7, 11) is 2.03. The second kappa shape index (κ2) is 6.41. The van der Waals surface area contributed by atoms with E-state index in [9.17, 15) is 0 Å². The van der Waals surface area contributed by atoms with Crippen LogP contribution in [0.3, 0.4) is 0 Å². The summed E-state index contributed by atoms with van der Waals surface area (Å²) in [6.45, 7) is 2.21. The van der Waals surface area contributed by atoms with Crippen molar-refractivity contribution in [2.45, 2.75) is 24.3 Å². The topological polar surface area (TPSA) is 12.0 Å². The number of hydrogen-bond acceptors (Lipinski definition) is 3. The van der Waals surface area contributed by atoms with Crippen molar-refractivity contribution in [3.8, 4) is 0 Å². The molecule has 0 fully saturated rings. The molecule has 1 nitrogen and oxygen atoms in total. The van der Waals surface area contributed by atoms with Gasteiger partial charge < -0.3 is 5.32 Å². The summed E-state index contributed by atoms with van der Waals surface area (Å²) in [6, 6.07) is 13.4. The quantitative estimate of drug-likeness (QED) is 0.816. The minimum absolute atomic E-state index is 0.305. The third-order valence-electron chi connectivity index (χ3n) is 3.05. The maximum Gasteiger partial charge on any atom is 0.0679 e. The maximum atomic E-state index is 3.44. The van der Waals surface area contributed by atoms with Gasteiger partial charge in [-0.3, -0.25) is 0 Å². The zero-order valence-corrected chi connectivity index (χ0v) is 12.7. The Kier molecular flexibility index (Phi) is 4.87. The van der Waals surface area contributed by atoms with E-state index in [1.54, 1.807) is 0 Å². The van der Waals surface area contributed by atoms with Gasteiger partial charge in [0.15, 0.2) is 0 Å². The molecule has 18 heavy (non-hydrogen) atoms. The first-order chi connectivity index (χ1) is 8.80. The lowest BCUT2D eigenvalue weighted by molar-refractivity contribution is 0.692. The summed E-state index contributed by atoms with van der Waals surface area (Å²) in [5, 5.41) is 3.44. The van der Waals surface area contributed by atoms with Crippen molar-refractivity contribution in [2.75, 3.05) is 13.3 Å². The largest absolute Gasteiger partial charge is 0.309 e. The lowest BCUT2D eigenvalue weighted by Crippen LogP contribution is -2.17. The second-order valence-electron chi connectivity index (χ2n) is 4.12. The number of hydrogen-bond donors (Lipinski definition) is 1. The van der Waals surface area contributed by atoms with Gasteiger partial charge in [0.05, 0.1) is 6.04 Å². The Bertz CT molecular complexity index is 505. The molecule has 0 amide bonds. The third kappa shape index (κ3) is 2.79. The van der Waals surface area contributed by atoms with E-state index in [0.717, 1.165) is 6.42 Å². The molecule has 0 aliphatic carbocycles. The van der Waals surface area contributed by atoms with Gasteiger partial charge in [-0.2, -0.15) is 0 Å². The molecule has 1 unspecified atom stereocenters. The van der Waals surface area contributed by atoms with E-state index in [0.29, 0.717) is 6.04 Å². The number of thioether (sulfide) groups is 1. The monoisotopic (exact) mass is 277 g/mol. The highest BCUT2D eigenvalue weighted by atomic mass is 32.2. The summed E-state index contributed by atoms with van der Waals surface area (Å²) >= 11 is 3.72. The van der Waals surface area contributed by atoms with Crippen molar-refractivity contribution in [3.05, 3.63) is 51.7 Å². The van der Waals surface area contributed by atoms with E-state index in [-0.39, 0.29) is 0 Å². The molecule has 3 heteroatoms. The van der Waals surface area contributed by atoms with Gasteiger partial charge in [0, 0.05) is 14.6 Å². The van der Waals surface area contributed by atoms with Gasteiger partial charge in [0.25, 0.3) is 0 Å². The Morgan fingerprint density at radius 2 is 2.00 bits per heavy atom. The van der Waals surface area contributed by atoms with E-state index in [1.807, 2.05) is 30.1 Å². The van der Waals surface area contributed by atoms with Crippen molar-refractivity contribution >= 4 is 23.1 Å². The van der Waals surface area contributed by atoms with Gasteiger partial charge >= 0.3 is 0 Å². The molecule has 2 aromatic rings. The van der Waals surface area contributed by atoms with Crippen LogP contribution in [0.15, 0.2) is 41.3 Å². The summed E-state index contributed by atoms with van der Waals surface area (Å²) in [5.74, 6) is 0. The van der Waals surface area contributed by atoms with E-state index < -0.39 is 0 Å². The maximum absolute atomic E-state index is 3.44. The van der Waals surface area contributed by atoms with Crippen molar-refractivity contribution in [1.29, 1.82) is 0 Å². The Labute approximate surface area is 118 Å². The van der Waals surface area contributed by atoms with Crippen LogP contribution in [0.5, 0.6) is 0 Å². The molecule has 1 atom stereocenters. The molecular formula is C15H19NS2. The zero-order chi connectivity index (χ0) is 13.0. The Hall–Kier alpha value is -0.770. The number of nitrogens with one attached hydrogen (secondary N) is 1. The highest BCUT2D eigenvalue weighted by Crippen LogP contribution is 2.33. The molecule has 0 radical (unpaired) electrons. The van der Waals surface area contributed by atoms with Crippen molar-refractivity contribution < 1.29 is 0 Å². The van der Waals surface area contributed by atoms with E-state index >= 15 is 0 Å². The Balaban J connectivity index is 2.38. The molecule has 1 aromatic carbocycles. The van der Waals surface area contributed by atoms with Crippen LogP contribution in [-0.4, -0.2) is 13.3 Å². The minimum atomic E-state index is 0.305. The molecule has 0 aliphatic rings. The van der Waals surface area contributed by atoms with Gasteiger partial charge in [-0.15, -0.1) is 23.1 Å². The van der Waals surface area contributed by atoms with Crippen LogP contribution in [0.25, 0.3) is 0 Å².